The molecule has 0 saturated carbocycles. The lowest BCUT2D eigenvalue weighted by Gasteiger charge is -2.40. The lowest BCUT2D eigenvalue weighted by atomic mass is 9.82. The Labute approximate surface area is 199 Å². The van der Waals surface area contributed by atoms with Crippen LogP contribution in [0.1, 0.15) is 36.0 Å². The van der Waals surface area contributed by atoms with Gasteiger partial charge in [0.15, 0.2) is 11.5 Å². The van der Waals surface area contributed by atoms with Crippen LogP contribution in [-0.4, -0.2) is 49.0 Å². The smallest absolute Gasteiger partial charge is 0.167 e. The standard InChI is InChI=1S/C28H30FNO4/c29-25-9-10-26(27-22(25)6-3-15-32-27)33-17-20(31)16-30-13-11-28(12-14-30)24-8-7-19-4-1-2-5-21(19)23(24)18-34-28/h1-2,4-5,7-10,20,31H,3,6,11-18H2. The first-order valence-corrected chi connectivity index (χ1v) is 12.3. The molecule has 0 radical (unpaired) electrons. The highest BCUT2D eigenvalue weighted by Gasteiger charge is 2.43. The number of nitrogens with zero attached hydrogens (tertiary/aromatic N) is 1. The number of aliphatic hydroxyl groups excluding tert-OH is 1. The number of rotatable bonds is 5. The second-order valence-electron chi connectivity index (χ2n) is 9.67. The van der Waals surface area contributed by atoms with Crippen LogP contribution in [-0.2, 0) is 23.4 Å². The number of fused-ring (bicyclic) bond motifs is 5. The molecule has 1 saturated heterocycles. The van der Waals surface area contributed by atoms with Crippen LogP contribution < -0.4 is 9.47 Å². The molecule has 3 aliphatic rings. The molecule has 34 heavy (non-hydrogen) atoms. The van der Waals surface area contributed by atoms with Crippen LogP contribution in [0.5, 0.6) is 11.5 Å². The first-order chi connectivity index (χ1) is 16.6. The Bertz CT molecular complexity index is 1200. The molecule has 6 rings (SSSR count). The fraction of sp³-hybridized carbons (Fsp3) is 0.429. The zero-order valence-corrected chi connectivity index (χ0v) is 19.3. The minimum Gasteiger partial charge on any atom is -0.489 e. The third-order valence-corrected chi connectivity index (χ3v) is 7.57. The van der Waals surface area contributed by atoms with Crippen LogP contribution >= 0.6 is 0 Å². The van der Waals surface area contributed by atoms with E-state index in [-0.39, 0.29) is 18.0 Å². The van der Waals surface area contributed by atoms with Crippen molar-refractivity contribution in [2.45, 2.75) is 44.0 Å². The number of β-amino-alcohol motifs (C(OH)–C–C–N with tert-alkyl or cyclic N) is 1. The summed E-state index contributed by atoms with van der Waals surface area (Å²) in [6, 6.07) is 16.0. The highest BCUT2D eigenvalue weighted by molar-refractivity contribution is 5.87. The molecule has 0 aromatic heterocycles. The SMILES string of the molecule is OC(COc1ccc(F)c2c1OCCC2)CN1CCC2(CC1)OCc1c2ccc2ccccc12. The molecular weight excluding hydrogens is 433 g/mol. The van der Waals surface area contributed by atoms with Gasteiger partial charge in [0.05, 0.1) is 18.8 Å². The summed E-state index contributed by atoms with van der Waals surface area (Å²) in [6.45, 7) is 3.62. The molecule has 1 atom stereocenters. The molecule has 1 unspecified atom stereocenters. The molecule has 1 spiro atoms. The predicted octanol–water partition coefficient (Wildman–Crippen LogP) is 4.57. The van der Waals surface area contributed by atoms with Crippen molar-refractivity contribution in [3.05, 3.63) is 71.0 Å². The quantitative estimate of drug-likeness (QED) is 0.601. The van der Waals surface area contributed by atoms with Gasteiger partial charge in [-0.25, -0.2) is 4.39 Å². The van der Waals surface area contributed by atoms with Crippen molar-refractivity contribution in [3.63, 3.8) is 0 Å². The topological polar surface area (TPSA) is 51.2 Å². The number of hydrogen-bond acceptors (Lipinski definition) is 5. The van der Waals surface area contributed by atoms with E-state index in [0.29, 0.717) is 43.2 Å². The van der Waals surface area contributed by atoms with Crippen LogP contribution in [0.25, 0.3) is 10.8 Å². The van der Waals surface area contributed by atoms with Gasteiger partial charge in [-0.3, -0.25) is 0 Å². The van der Waals surface area contributed by atoms with Gasteiger partial charge in [-0.1, -0.05) is 36.4 Å². The number of piperidine rings is 1. The van der Waals surface area contributed by atoms with E-state index in [1.165, 1.54) is 28.0 Å². The largest absolute Gasteiger partial charge is 0.489 e. The highest BCUT2D eigenvalue weighted by Crippen LogP contribution is 2.46. The third kappa shape index (κ3) is 3.84. The van der Waals surface area contributed by atoms with Gasteiger partial charge >= 0.3 is 0 Å². The lowest BCUT2D eigenvalue weighted by Crippen LogP contribution is -2.46. The van der Waals surface area contributed by atoms with Crippen LogP contribution in [0.4, 0.5) is 4.39 Å². The van der Waals surface area contributed by atoms with Gasteiger partial charge in [0.2, 0.25) is 0 Å². The van der Waals surface area contributed by atoms with Gasteiger partial charge in [0, 0.05) is 25.2 Å². The van der Waals surface area contributed by atoms with Crippen LogP contribution in [0, 0.1) is 5.82 Å². The van der Waals surface area contributed by atoms with Crippen LogP contribution in [0.3, 0.4) is 0 Å². The Morgan fingerprint density at radius 2 is 1.91 bits per heavy atom. The van der Waals surface area contributed by atoms with Crippen LogP contribution in [0.2, 0.25) is 0 Å². The number of hydrogen-bond donors (Lipinski definition) is 1. The van der Waals surface area contributed by atoms with Crippen molar-refractivity contribution in [3.8, 4) is 11.5 Å². The van der Waals surface area contributed by atoms with E-state index in [2.05, 4.69) is 41.3 Å². The molecule has 178 valence electrons. The van der Waals surface area contributed by atoms with E-state index < -0.39 is 6.10 Å². The number of halogens is 1. The van der Waals surface area contributed by atoms with Gasteiger partial charge in [-0.05, 0) is 59.7 Å². The van der Waals surface area contributed by atoms with E-state index in [1.54, 1.807) is 6.07 Å². The average molecular weight is 464 g/mol. The van der Waals surface area contributed by atoms with E-state index in [9.17, 15) is 9.50 Å². The van der Waals surface area contributed by atoms with Gasteiger partial charge < -0.3 is 24.2 Å². The third-order valence-electron chi connectivity index (χ3n) is 7.57. The molecule has 5 nitrogen and oxygen atoms in total. The normalized spacial score (nSPS) is 20.1. The molecule has 6 heteroatoms. The fourth-order valence-corrected chi connectivity index (χ4v) is 5.76. The monoisotopic (exact) mass is 463 g/mol. The molecule has 1 N–H and O–H groups in total. The molecule has 1 fully saturated rings. The van der Waals surface area contributed by atoms with Crippen molar-refractivity contribution < 1.29 is 23.7 Å². The zero-order chi connectivity index (χ0) is 23.1. The maximum absolute atomic E-state index is 14.1. The molecule has 0 amide bonds. The minimum atomic E-state index is -0.640. The second kappa shape index (κ2) is 8.84. The molecule has 0 bridgehead atoms. The number of likely N-dealkylation sites (tertiary alicyclic amines) is 1. The summed E-state index contributed by atoms with van der Waals surface area (Å²) in [5.41, 5.74) is 3.01. The summed E-state index contributed by atoms with van der Waals surface area (Å²) in [5.74, 6) is 0.743. The first-order valence-electron chi connectivity index (χ1n) is 12.3. The summed E-state index contributed by atoms with van der Waals surface area (Å²) in [4.78, 5) is 2.28. The van der Waals surface area contributed by atoms with E-state index in [4.69, 9.17) is 14.2 Å². The summed E-state index contributed by atoms with van der Waals surface area (Å²) in [6.07, 6.45) is 2.63. The van der Waals surface area contributed by atoms with Crippen molar-refractivity contribution >= 4 is 10.8 Å². The Kier molecular flexibility index (Phi) is 5.68. The molecular formula is C28H30FNO4. The maximum atomic E-state index is 14.1. The minimum absolute atomic E-state index is 0.147. The molecule has 0 aliphatic carbocycles. The van der Waals surface area contributed by atoms with Crippen molar-refractivity contribution in [1.29, 1.82) is 0 Å². The predicted molar refractivity (Wildman–Crippen MR) is 128 cm³/mol. The lowest BCUT2D eigenvalue weighted by molar-refractivity contribution is -0.0835. The first kappa shape index (κ1) is 21.8. The Hall–Kier alpha value is -2.67. The Balaban J connectivity index is 1.07. The summed E-state index contributed by atoms with van der Waals surface area (Å²) in [5, 5.41) is 13.2. The average Bonchev–Trinajstić information content (AvgIpc) is 3.24. The molecule has 3 aromatic rings. The maximum Gasteiger partial charge on any atom is 0.167 e. The highest BCUT2D eigenvalue weighted by atomic mass is 19.1. The van der Waals surface area contributed by atoms with Crippen molar-refractivity contribution in [2.24, 2.45) is 0 Å². The van der Waals surface area contributed by atoms with Gasteiger partial charge in [-0.2, -0.15) is 0 Å². The van der Waals surface area contributed by atoms with E-state index in [1.807, 2.05) is 0 Å². The summed E-state index contributed by atoms with van der Waals surface area (Å²) < 4.78 is 32.0. The number of benzene rings is 3. The van der Waals surface area contributed by atoms with Gasteiger partial charge in [0.25, 0.3) is 0 Å². The van der Waals surface area contributed by atoms with Crippen molar-refractivity contribution in [1.82, 2.24) is 4.90 Å². The van der Waals surface area contributed by atoms with Gasteiger partial charge in [-0.15, -0.1) is 0 Å². The van der Waals surface area contributed by atoms with E-state index in [0.717, 1.165) is 32.4 Å². The van der Waals surface area contributed by atoms with Gasteiger partial charge in [0.1, 0.15) is 18.5 Å². The Morgan fingerprint density at radius 3 is 2.79 bits per heavy atom. The number of ether oxygens (including phenoxy) is 3. The fourth-order valence-electron chi connectivity index (χ4n) is 5.76. The molecule has 3 aromatic carbocycles. The summed E-state index contributed by atoms with van der Waals surface area (Å²) >= 11 is 0. The Morgan fingerprint density at radius 1 is 1.06 bits per heavy atom. The molecule has 3 heterocycles. The summed E-state index contributed by atoms with van der Waals surface area (Å²) in [7, 11) is 0. The second-order valence-corrected chi connectivity index (χ2v) is 9.67. The zero-order valence-electron chi connectivity index (χ0n) is 19.3. The number of aliphatic hydroxyl groups is 1. The molecule has 3 aliphatic heterocycles. The van der Waals surface area contributed by atoms with Crippen molar-refractivity contribution in [2.75, 3.05) is 32.8 Å². The van der Waals surface area contributed by atoms with E-state index >= 15 is 0 Å². The van der Waals surface area contributed by atoms with Crippen LogP contribution in [0.15, 0.2) is 48.5 Å².